The van der Waals surface area contributed by atoms with Crippen molar-refractivity contribution in [2.45, 2.75) is 38.3 Å². The van der Waals surface area contributed by atoms with Crippen molar-refractivity contribution in [1.29, 1.82) is 0 Å². The van der Waals surface area contributed by atoms with Gasteiger partial charge in [-0.1, -0.05) is 0 Å². The Morgan fingerprint density at radius 1 is 1.36 bits per heavy atom. The summed E-state index contributed by atoms with van der Waals surface area (Å²) in [4.78, 5) is 8.76. The summed E-state index contributed by atoms with van der Waals surface area (Å²) < 4.78 is 28.6. The fourth-order valence-corrected chi connectivity index (χ4v) is 4.51. The van der Waals surface area contributed by atoms with Crippen LogP contribution in [0.15, 0.2) is 6.07 Å². The SMILES string of the molecule is Cc1cc(NCC2CCCO2)nc(NC2CCS(=O)(=O)C2)n1. The first-order valence-electron chi connectivity index (χ1n) is 7.68. The maximum Gasteiger partial charge on any atom is 0.225 e. The number of nitrogens with one attached hydrogen (secondary N) is 2. The summed E-state index contributed by atoms with van der Waals surface area (Å²) in [5.41, 5.74) is 0.841. The number of hydrogen-bond acceptors (Lipinski definition) is 7. The molecule has 0 aromatic carbocycles. The van der Waals surface area contributed by atoms with Crippen LogP contribution >= 0.6 is 0 Å². The molecule has 2 aliphatic rings. The van der Waals surface area contributed by atoms with Crippen LogP contribution in [0.5, 0.6) is 0 Å². The molecule has 7 nitrogen and oxygen atoms in total. The minimum atomic E-state index is -2.91. The van der Waals surface area contributed by atoms with Gasteiger partial charge in [-0.05, 0) is 26.2 Å². The number of rotatable bonds is 5. The van der Waals surface area contributed by atoms with Crippen molar-refractivity contribution in [1.82, 2.24) is 9.97 Å². The highest BCUT2D eigenvalue weighted by Gasteiger charge is 2.28. The summed E-state index contributed by atoms with van der Waals surface area (Å²) in [5, 5.41) is 6.41. The van der Waals surface area contributed by atoms with Crippen molar-refractivity contribution in [3.8, 4) is 0 Å². The van der Waals surface area contributed by atoms with Crippen molar-refractivity contribution in [2.75, 3.05) is 35.3 Å². The van der Waals surface area contributed by atoms with Gasteiger partial charge in [0.1, 0.15) is 5.82 Å². The van der Waals surface area contributed by atoms with Crippen LogP contribution in [0, 0.1) is 6.92 Å². The summed E-state index contributed by atoms with van der Waals surface area (Å²) in [6, 6.07) is 1.78. The van der Waals surface area contributed by atoms with Crippen LogP contribution in [0.4, 0.5) is 11.8 Å². The van der Waals surface area contributed by atoms with Crippen LogP contribution in [-0.4, -0.2) is 55.2 Å². The lowest BCUT2D eigenvalue weighted by molar-refractivity contribution is 0.120. The molecule has 3 heterocycles. The molecule has 2 aliphatic heterocycles. The molecule has 0 saturated carbocycles. The second kappa shape index (κ2) is 6.37. The van der Waals surface area contributed by atoms with Gasteiger partial charge in [0.25, 0.3) is 0 Å². The number of aromatic nitrogens is 2. The molecule has 22 heavy (non-hydrogen) atoms. The first-order chi connectivity index (χ1) is 10.5. The number of nitrogens with zero attached hydrogens (tertiary/aromatic N) is 2. The van der Waals surface area contributed by atoms with Crippen molar-refractivity contribution in [3.05, 3.63) is 11.8 Å². The van der Waals surface area contributed by atoms with Crippen LogP contribution in [0.2, 0.25) is 0 Å². The van der Waals surface area contributed by atoms with Crippen LogP contribution in [0.3, 0.4) is 0 Å². The monoisotopic (exact) mass is 326 g/mol. The van der Waals surface area contributed by atoms with Gasteiger partial charge in [0.05, 0.1) is 17.6 Å². The fourth-order valence-electron chi connectivity index (χ4n) is 2.84. The first kappa shape index (κ1) is 15.5. The van der Waals surface area contributed by atoms with E-state index >= 15 is 0 Å². The molecule has 0 bridgehead atoms. The van der Waals surface area contributed by atoms with Gasteiger partial charge in [0, 0.05) is 31.0 Å². The highest BCUT2D eigenvalue weighted by molar-refractivity contribution is 7.91. The number of sulfone groups is 1. The van der Waals surface area contributed by atoms with Crippen molar-refractivity contribution in [2.24, 2.45) is 0 Å². The largest absolute Gasteiger partial charge is 0.376 e. The van der Waals surface area contributed by atoms with Gasteiger partial charge < -0.3 is 15.4 Å². The molecule has 0 radical (unpaired) electrons. The van der Waals surface area contributed by atoms with Crippen molar-refractivity contribution < 1.29 is 13.2 Å². The molecule has 2 saturated heterocycles. The molecule has 2 atom stereocenters. The average Bonchev–Trinajstić information content (AvgIpc) is 3.05. The maximum atomic E-state index is 11.5. The Labute approximate surface area is 130 Å². The minimum absolute atomic E-state index is 0.0992. The van der Waals surface area contributed by atoms with E-state index in [9.17, 15) is 8.42 Å². The third-order valence-electron chi connectivity index (χ3n) is 3.95. The summed E-state index contributed by atoms with van der Waals surface area (Å²) in [6.45, 7) is 3.46. The first-order valence-corrected chi connectivity index (χ1v) is 9.50. The molecule has 3 rings (SSSR count). The maximum absolute atomic E-state index is 11.5. The number of hydrogen-bond donors (Lipinski definition) is 2. The fraction of sp³-hybridized carbons (Fsp3) is 0.714. The Morgan fingerprint density at radius 3 is 2.91 bits per heavy atom. The normalized spacial score (nSPS) is 27.0. The lowest BCUT2D eigenvalue weighted by Crippen LogP contribution is -2.23. The highest BCUT2D eigenvalue weighted by atomic mass is 32.2. The second-order valence-electron chi connectivity index (χ2n) is 5.98. The van der Waals surface area contributed by atoms with E-state index in [2.05, 4.69) is 20.6 Å². The van der Waals surface area contributed by atoms with E-state index in [1.807, 2.05) is 13.0 Å². The molecule has 2 fully saturated rings. The van der Waals surface area contributed by atoms with Gasteiger partial charge in [-0.2, -0.15) is 4.98 Å². The number of ether oxygens (including phenoxy) is 1. The van der Waals surface area contributed by atoms with Gasteiger partial charge in [0.15, 0.2) is 9.84 Å². The third-order valence-corrected chi connectivity index (χ3v) is 5.72. The standard InChI is InChI=1S/C14H22N4O3S/c1-10-7-13(15-8-12-3-2-5-21-12)18-14(16-10)17-11-4-6-22(19,20)9-11/h7,11-12H,2-6,8-9H2,1H3,(H2,15,16,17,18). The molecule has 1 aromatic heterocycles. The average molecular weight is 326 g/mol. The molecule has 0 aliphatic carbocycles. The van der Waals surface area contributed by atoms with E-state index in [4.69, 9.17) is 4.74 Å². The molecule has 0 amide bonds. The Balaban J connectivity index is 1.62. The Bertz CT molecular complexity index is 629. The summed E-state index contributed by atoms with van der Waals surface area (Å²) in [6.07, 6.45) is 3.03. The van der Waals surface area contributed by atoms with Crippen LogP contribution < -0.4 is 10.6 Å². The van der Waals surface area contributed by atoms with E-state index in [-0.39, 0.29) is 23.7 Å². The molecule has 2 N–H and O–H groups in total. The molecule has 8 heteroatoms. The molecule has 0 spiro atoms. The van der Waals surface area contributed by atoms with Gasteiger partial charge in [-0.15, -0.1) is 0 Å². The number of anilines is 2. The Kier molecular flexibility index (Phi) is 4.49. The zero-order valence-electron chi connectivity index (χ0n) is 12.7. The van der Waals surface area contributed by atoms with Crippen LogP contribution in [0.1, 0.15) is 25.0 Å². The van der Waals surface area contributed by atoms with E-state index in [0.29, 0.717) is 12.4 Å². The summed E-state index contributed by atoms with van der Waals surface area (Å²) in [5.74, 6) is 1.62. The predicted octanol–water partition coefficient (Wildman–Crippen LogP) is 0.975. The van der Waals surface area contributed by atoms with Gasteiger partial charge in [-0.25, -0.2) is 13.4 Å². The predicted molar refractivity (Wildman–Crippen MR) is 84.9 cm³/mol. The number of aryl methyl sites for hydroxylation is 1. The van der Waals surface area contributed by atoms with Crippen LogP contribution in [0.25, 0.3) is 0 Å². The van der Waals surface area contributed by atoms with Crippen LogP contribution in [-0.2, 0) is 14.6 Å². The van der Waals surface area contributed by atoms with E-state index in [1.165, 1.54) is 0 Å². The molecule has 1 aromatic rings. The Morgan fingerprint density at radius 2 is 2.23 bits per heavy atom. The van der Waals surface area contributed by atoms with Gasteiger partial charge in [-0.3, -0.25) is 0 Å². The van der Waals surface area contributed by atoms with Crippen molar-refractivity contribution >= 4 is 21.6 Å². The lowest BCUT2D eigenvalue weighted by Gasteiger charge is -2.14. The van der Waals surface area contributed by atoms with Crippen molar-refractivity contribution in [3.63, 3.8) is 0 Å². The zero-order valence-corrected chi connectivity index (χ0v) is 13.5. The lowest BCUT2D eigenvalue weighted by atomic mass is 10.2. The van der Waals surface area contributed by atoms with Gasteiger partial charge in [0.2, 0.25) is 5.95 Å². The van der Waals surface area contributed by atoms with E-state index in [0.717, 1.165) is 37.5 Å². The minimum Gasteiger partial charge on any atom is -0.376 e. The zero-order chi connectivity index (χ0) is 15.6. The highest BCUT2D eigenvalue weighted by Crippen LogP contribution is 2.18. The third kappa shape index (κ3) is 4.07. The smallest absolute Gasteiger partial charge is 0.225 e. The van der Waals surface area contributed by atoms with E-state index < -0.39 is 9.84 Å². The molecular formula is C14H22N4O3S. The van der Waals surface area contributed by atoms with E-state index in [1.54, 1.807) is 0 Å². The molecule has 122 valence electrons. The summed E-state index contributed by atoms with van der Waals surface area (Å²) >= 11 is 0. The topological polar surface area (TPSA) is 93.2 Å². The molecular weight excluding hydrogens is 304 g/mol. The Hall–Kier alpha value is -1.41. The second-order valence-corrected chi connectivity index (χ2v) is 8.21. The molecule has 2 unspecified atom stereocenters. The summed E-state index contributed by atoms with van der Waals surface area (Å²) in [7, 11) is -2.91. The quantitative estimate of drug-likeness (QED) is 0.833. The van der Waals surface area contributed by atoms with Gasteiger partial charge >= 0.3 is 0 Å².